The number of hydrogen-bond acceptors (Lipinski definition) is 8. The van der Waals surface area contributed by atoms with Crippen LogP contribution in [0.15, 0.2) is 46.2 Å². The quantitative estimate of drug-likeness (QED) is 0.358. The Labute approximate surface area is 224 Å². The molecule has 2 heterocycles. The lowest BCUT2D eigenvalue weighted by atomic mass is 10.1. The van der Waals surface area contributed by atoms with Gasteiger partial charge in [0.2, 0.25) is 11.7 Å². The molecule has 2 saturated heterocycles. The third kappa shape index (κ3) is 6.11. The lowest BCUT2D eigenvalue weighted by Gasteiger charge is -2.27. The number of benzene rings is 2. The van der Waals surface area contributed by atoms with Crippen molar-refractivity contribution in [2.75, 3.05) is 26.7 Å². The van der Waals surface area contributed by atoms with Crippen LogP contribution in [0, 0.1) is 6.92 Å². The Balaban J connectivity index is 1.54. The van der Waals surface area contributed by atoms with E-state index in [4.69, 9.17) is 20.5 Å². The average molecular weight is 565 g/mol. The highest BCUT2D eigenvalue weighted by atomic mass is 35.5. The summed E-state index contributed by atoms with van der Waals surface area (Å²) in [5.74, 6) is -1.03. The molecule has 0 bridgehead atoms. The third-order valence-electron chi connectivity index (χ3n) is 5.93. The number of halogens is 1. The Morgan fingerprint density at radius 1 is 1.11 bits per heavy atom. The van der Waals surface area contributed by atoms with E-state index in [0.717, 1.165) is 29.7 Å². The van der Waals surface area contributed by atoms with Gasteiger partial charge in [-0.25, -0.2) is 0 Å². The number of likely N-dealkylation sites (tertiary alicyclic amines) is 1. The molecule has 4 rings (SSSR count). The van der Waals surface area contributed by atoms with Crippen molar-refractivity contribution < 1.29 is 31.7 Å². The van der Waals surface area contributed by atoms with Crippen molar-refractivity contribution in [2.45, 2.75) is 31.1 Å². The minimum absolute atomic E-state index is 0.0222. The highest BCUT2D eigenvalue weighted by Gasteiger charge is 2.37. The Hall–Kier alpha value is -3.02. The molecule has 9 nitrogen and oxygen atoms in total. The van der Waals surface area contributed by atoms with Gasteiger partial charge in [0.25, 0.3) is 11.1 Å². The van der Waals surface area contributed by atoms with Gasteiger partial charge in [-0.15, -0.1) is 0 Å². The molecule has 0 unspecified atom stereocenters. The van der Waals surface area contributed by atoms with Crippen LogP contribution < -0.4 is 8.92 Å². The van der Waals surface area contributed by atoms with Crippen molar-refractivity contribution in [3.05, 3.63) is 57.5 Å². The summed E-state index contributed by atoms with van der Waals surface area (Å²) in [5, 5.41) is -0.607. The first-order valence-electron chi connectivity index (χ1n) is 11.5. The highest BCUT2D eigenvalue weighted by Crippen LogP contribution is 2.40. The van der Waals surface area contributed by atoms with E-state index in [2.05, 4.69) is 0 Å². The van der Waals surface area contributed by atoms with Crippen LogP contribution in [-0.2, 0) is 19.7 Å². The van der Waals surface area contributed by atoms with Gasteiger partial charge in [0, 0.05) is 13.1 Å². The van der Waals surface area contributed by atoms with Gasteiger partial charge in [0.05, 0.1) is 17.0 Å². The van der Waals surface area contributed by atoms with Crippen molar-refractivity contribution in [1.29, 1.82) is 0 Å². The SMILES string of the molecule is COc1cc(/C=C2\SC(=O)N(CC(=O)N3CCCCC3)C2=O)cc(Cl)c1OS(=O)(=O)c1ccc(C)cc1. The predicted octanol–water partition coefficient (Wildman–Crippen LogP) is 4.47. The molecule has 0 radical (unpaired) electrons. The molecule has 3 amide bonds. The fourth-order valence-electron chi connectivity index (χ4n) is 3.93. The number of ether oxygens (including phenoxy) is 1. The number of methoxy groups -OCH3 is 1. The van der Waals surface area contributed by atoms with E-state index in [1.54, 1.807) is 17.0 Å². The number of imide groups is 1. The molecule has 2 aromatic rings. The summed E-state index contributed by atoms with van der Waals surface area (Å²) >= 11 is 7.06. The molecule has 2 fully saturated rings. The van der Waals surface area contributed by atoms with Crippen LogP contribution in [0.5, 0.6) is 11.5 Å². The molecule has 0 aliphatic carbocycles. The highest BCUT2D eigenvalue weighted by molar-refractivity contribution is 8.18. The molecule has 0 saturated carbocycles. The minimum Gasteiger partial charge on any atom is -0.493 e. The van der Waals surface area contributed by atoms with Gasteiger partial charge in [-0.1, -0.05) is 29.3 Å². The maximum absolute atomic E-state index is 12.9. The first kappa shape index (κ1) is 27.0. The van der Waals surface area contributed by atoms with Crippen molar-refractivity contribution >= 4 is 56.6 Å². The number of carbonyl (C=O) groups is 3. The second-order valence-corrected chi connectivity index (χ2v) is 11.5. The van der Waals surface area contributed by atoms with Gasteiger partial charge in [-0.3, -0.25) is 19.3 Å². The Bertz CT molecular complexity index is 1370. The normalized spacial score (nSPS) is 17.4. The van der Waals surface area contributed by atoms with Gasteiger partial charge < -0.3 is 13.8 Å². The van der Waals surface area contributed by atoms with Crippen molar-refractivity contribution in [2.24, 2.45) is 0 Å². The monoisotopic (exact) mass is 564 g/mol. The fourth-order valence-corrected chi connectivity index (χ4v) is 6.03. The van der Waals surface area contributed by atoms with E-state index >= 15 is 0 Å². The zero-order valence-electron chi connectivity index (χ0n) is 20.2. The lowest BCUT2D eigenvalue weighted by Crippen LogP contribution is -2.44. The summed E-state index contributed by atoms with van der Waals surface area (Å²) in [6.45, 7) is 2.77. The number of hydrogen-bond donors (Lipinski definition) is 0. The predicted molar refractivity (Wildman–Crippen MR) is 140 cm³/mol. The molecule has 2 aliphatic heterocycles. The van der Waals surface area contributed by atoms with Crippen LogP contribution in [0.2, 0.25) is 5.02 Å². The van der Waals surface area contributed by atoms with Gasteiger partial charge >= 0.3 is 10.1 Å². The summed E-state index contributed by atoms with van der Waals surface area (Å²) < 4.78 is 36.1. The van der Waals surface area contributed by atoms with Crippen LogP contribution >= 0.6 is 23.4 Å². The average Bonchev–Trinajstić information content (AvgIpc) is 3.13. The summed E-state index contributed by atoms with van der Waals surface area (Å²) in [6, 6.07) is 8.98. The Morgan fingerprint density at radius 3 is 2.43 bits per heavy atom. The lowest BCUT2D eigenvalue weighted by molar-refractivity contribution is -0.136. The molecule has 12 heteroatoms. The number of carbonyl (C=O) groups excluding carboxylic acids is 3. The molecule has 0 aromatic heterocycles. The van der Waals surface area contributed by atoms with Crippen LogP contribution in [0.25, 0.3) is 6.08 Å². The fraction of sp³-hybridized carbons (Fsp3) is 0.320. The largest absolute Gasteiger partial charge is 0.493 e. The number of amides is 3. The molecule has 0 N–H and O–H groups in total. The van der Waals surface area contributed by atoms with E-state index in [-0.39, 0.29) is 38.8 Å². The Kier molecular flexibility index (Phi) is 8.15. The zero-order valence-corrected chi connectivity index (χ0v) is 22.6. The van der Waals surface area contributed by atoms with E-state index in [0.29, 0.717) is 30.4 Å². The molecule has 2 aromatic carbocycles. The zero-order chi connectivity index (χ0) is 26.7. The third-order valence-corrected chi connectivity index (χ3v) is 8.35. The number of rotatable bonds is 7. The number of nitrogens with zero attached hydrogens (tertiary/aromatic N) is 2. The molecular weight excluding hydrogens is 540 g/mol. The summed E-state index contributed by atoms with van der Waals surface area (Å²) in [7, 11) is -2.87. The molecule has 196 valence electrons. The molecule has 0 atom stereocenters. The summed E-state index contributed by atoms with van der Waals surface area (Å²) in [6.07, 6.45) is 4.30. The first-order chi connectivity index (χ1) is 17.6. The van der Waals surface area contributed by atoms with Crippen LogP contribution in [0.1, 0.15) is 30.4 Å². The van der Waals surface area contributed by atoms with Crippen LogP contribution in [0.3, 0.4) is 0 Å². The van der Waals surface area contributed by atoms with Crippen LogP contribution in [0.4, 0.5) is 4.79 Å². The molecular formula is C25H25ClN2O7S2. The minimum atomic E-state index is -4.19. The van der Waals surface area contributed by atoms with E-state index in [1.165, 1.54) is 37.5 Å². The standard InChI is InChI=1S/C25H25ClN2O7S2/c1-16-6-8-18(9-7-16)37(32,33)35-23-19(26)12-17(13-20(23)34-2)14-21-24(30)28(25(31)36-21)15-22(29)27-10-4-3-5-11-27/h6-9,12-14H,3-5,10-11,15H2,1-2H3/b21-14-. The van der Waals surface area contributed by atoms with Crippen molar-refractivity contribution in [3.8, 4) is 11.5 Å². The topological polar surface area (TPSA) is 110 Å². The van der Waals surface area contributed by atoms with Gasteiger partial charge in [0.15, 0.2) is 5.75 Å². The maximum atomic E-state index is 12.9. The van der Waals surface area contributed by atoms with Gasteiger partial charge in [0.1, 0.15) is 11.4 Å². The smallest absolute Gasteiger partial charge is 0.339 e. The van der Waals surface area contributed by atoms with Gasteiger partial charge in [-0.05, 0) is 73.9 Å². The molecule has 2 aliphatic rings. The Morgan fingerprint density at radius 2 is 1.78 bits per heavy atom. The number of piperidine rings is 1. The van der Waals surface area contributed by atoms with Gasteiger partial charge in [-0.2, -0.15) is 8.42 Å². The van der Waals surface area contributed by atoms with Crippen molar-refractivity contribution in [1.82, 2.24) is 9.80 Å². The second kappa shape index (κ2) is 11.2. The van der Waals surface area contributed by atoms with Crippen molar-refractivity contribution in [3.63, 3.8) is 0 Å². The maximum Gasteiger partial charge on any atom is 0.339 e. The summed E-state index contributed by atoms with van der Waals surface area (Å²) in [5.41, 5.74) is 1.27. The number of aryl methyl sites for hydroxylation is 1. The van der Waals surface area contributed by atoms with E-state index in [1.807, 2.05) is 6.92 Å². The molecule has 0 spiro atoms. The number of thioether (sulfide) groups is 1. The van der Waals surface area contributed by atoms with E-state index < -0.39 is 21.3 Å². The summed E-state index contributed by atoms with van der Waals surface area (Å²) in [4.78, 5) is 40.6. The molecule has 37 heavy (non-hydrogen) atoms. The van der Waals surface area contributed by atoms with Crippen LogP contribution in [-0.4, -0.2) is 62.0 Å². The first-order valence-corrected chi connectivity index (χ1v) is 14.1. The van der Waals surface area contributed by atoms with E-state index in [9.17, 15) is 22.8 Å². The second-order valence-electron chi connectivity index (χ2n) is 8.59.